The second-order valence-corrected chi connectivity index (χ2v) is 5.39. The molecule has 0 saturated carbocycles. The lowest BCUT2D eigenvalue weighted by Crippen LogP contribution is -2.33. The lowest BCUT2D eigenvalue weighted by molar-refractivity contribution is 0.0974. The highest BCUT2D eigenvalue weighted by atomic mass is 79.9. The SMILES string of the molecule is CC(C)N(CCBr)CCCC1CCCO1. The van der Waals surface area contributed by atoms with Crippen molar-refractivity contribution in [3.8, 4) is 0 Å². The van der Waals surface area contributed by atoms with Crippen LogP contribution in [-0.2, 0) is 4.74 Å². The van der Waals surface area contributed by atoms with Crippen LogP contribution in [0.4, 0.5) is 0 Å². The van der Waals surface area contributed by atoms with Gasteiger partial charge in [0, 0.05) is 24.5 Å². The molecule has 0 spiro atoms. The zero-order valence-corrected chi connectivity index (χ0v) is 11.6. The van der Waals surface area contributed by atoms with Crippen LogP contribution in [0.2, 0.25) is 0 Å². The van der Waals surface area contributed by atoms with E-state index in [0.29, 0.717) is 12.1 Å². The van der Waals surface area contributed by atoms with Crippen molar-refractivity contribution < 1.29 is 4.74 Å². The van der Waals surface area contributed by atoms with Crippen molar-refractivity contribution in [1.29, 1.82) is 0 Å². The second kappa shape index (κ2) is 7.64. The van der Waals surface area contributed by atoms with E-state index in [1.165, 1.54) is 32.2 Å². The Morgan fingerprint density at radius 1 is 1.40 bits per heavy atom. The molecular weight excluding hydrogens is 254 g/mol. The third-order valence-corrected chi connectivity index (χ3v) is 3.45. The predicted molar refractivity (Wildman–Crippen MR) is 68.7 cm³/mol. The van der Waals surface area contributed by atoms with Gasteiger partial charge in [-0.2, -0.15) is 0 Å². The highest BCUT2D eigenvalue weighted by Gasteiger charge is 2.15. The fraction of sp³-hybridized carbons (Fsp3) is 1.00. The van der Waals surface area contributed by atoms with Gasteiger partial charge in [-0.15, -0.1) is 0 Å². The third kappa shape index (κ3) is 5.32. The molecule has 1 aliphatic heterocycles. The van der Waals surface area contributed by atoms with Gasteiger partial charge in [0.2, 0.25) is 0 Å². The lowest BCUT2D eigenvalue weighted by atomic mass is 10.1. The number of hydrogen-bond donors (Lipinski definition) is 0. The maximum absolute atomic E-state index is 5.63. The molecule has 0 aliphatic carbocycles. The molecule has 0 amide bonds. The topological polar surface area (TPSA) is 12.5 Å². The lowest BCUT2D eigenvalue weighted by Gasteiger charge is -2.25. The van der Waals surface area contributed by atoms with Gasteiger partial charge in [0.1, 0.15) is 0 Å². The molecule has 3 heteroatoms. The first-order valence-corrected chi connectivity index (χ1v) is 7.27. The molecule has 1 saturated heterocycles. The maximum Gasteiger partial charge on any atom is 0.0576 e. The molecular formula is C12H24BrNO. The van der Waals surface area contributed by atoms with Crippen molar-refractivity contribution in [3.05, 3.63) is 0 Å². The molecule has 0 radical (unpaired) electrons. The van der Waals surface area contributed by atoms with Gasteiger partial charge in [-0.05, 0) is 46.1 Å². The summed E-state index contributed by atoms with van der Waals surface area (Å²) < 4.78 is 5.63. The van der Waals surface area contributed by atoms with E-state index in [1.807, 2.05) is 0 Å². The van der Waals surface area contributed by atoms with Crippen LogP contribution in [0.15, 0.2) is 0 Å². The molecule has 1 heterocycles. The van der Waals surface area contributed by atoms with E-state index in [4.69, 9.17) is 4.74 Å². The minimum Gasteiger partial charge on any atom is -0.378 e. The standard InChI is InChI=1S/C12H24BrNO/c1-11(2)14(9-7-13)8-3-5-12-6-4-10-15-12/h11-12H,3-10H2,1-2H3. The van der Waals surface area contributed by atoms with Crippen LogP contribution in [0, 0.1) is 0 Å². The number of nitrogens with zero attached hydrogens (tertiary/aromatic N) is 1. The van der Waals surface area contributed by atoms with Crippen LogP contribution in [0.1, 0.15) is 39.5 Å². The third-order valence-electron chi connectivity index (χ3n) is 3.10. The van der Waals surface area contributed by atoms with E-state index in [2.05, 4.69) is 34.7 Å². The van der Waals surface area contributed by atoms with Crippen LogP contribution < -0.4 is 0 Å². The minimum atomic E-state index is 0.558. The van der Waals surface area contributed by atoms with Gasteiger partial charge in [0.05, 0.1) is 6.10 Å². The van der Waals surface area contributed by atoms with Gasteiger partial charge >= 0.3 is 0 Å². The summed E-state index contributed by atoms with van der Waals surface area (Å²) in [5.74, 6) is 0. The highest BCUT2D eigenvalue weighted by Crippen LogP contribution is 2.17. The summed E-state index contributed by atoms with van der Waals surface area (Å²) >= 11 is 3.51. The molecule has 1 atom stereocenters. The molecule has 1 aliphatic rings. The summed E-state index contributed by atoms with van der Waals surface area (Å²) in [6.07, 6.45) is 5.62. The summed E-state index contributed by atoms with van der Waals surface area (Å²) in [4.78, 5) is 2.53. The molecule has 0 bridgehead atoms. The molecule has 90 valence electrons. The Kier molecular flexibility index (Phi) is 6.86. The Balaban J connectivity index is 2.09. The van der Waals surface area contributed by atoms with Crippen molar-refractivity contribution >= 4 is 15.9 Å². The number of hydrogen-bond acceptors (Lipinski definition) is 2. The quantitative estimate of drug-likeness (QED) is 0.664. The maximum atomic E-state index is 5.63. The van der Waals surface area contributed by atoms with E-state index < -0.39 is 0 Å². The minimum absolute atomic E-state index is 0.558. The summed E-state index contributed by atoms with van der Waals surface area (Å²) in [5.41, 5.74) is 0. The van der Waals surface area contributed by atoms with Crippen molar-refractivity contribution in [2.24, 2.45) is 0 Å². The van der Waals surface area contributed by atoms with Gasteiger partial charge in [-0.25, -0.2) is 0 Å². The van der Waals surface area contributed by atoms with Crippen LogP contribution >= 0.6 is 15.9 Å². The number of alkyl halides is 1. The van der Waals surface area contributed by atoms with Gasteiger partial charge in [0.15, 0.2) is 0 Å². The Hall–Kier alpha value is 0.400. The summed E-state index contributed by atoms with van der Waals surface area (Å²) in [5, 5.41) is 1.07. The fourth-order valence-electron chi connectivity index (χ4n) is 2.13. The van der Waals surface area contributed by atoms with E-state index >= 15 is 0 Å². The van der Waals surface area contributed by atoms with Crippen LogP contribution in [0.3, 0.4) is 0 Å². The van der Waals surface area contributed by atoms with Gasteiger partial charge in [-0.1, -0.05) is 15.9 Å². The van der Waals surface area contributed by atoms with Crippen molar-refractivity contribution in [1.82, 2.24) is 4.90 Å². The molecule has 1 fully saturated rings. The average Bonchev–Trinajstić information content (AvgIpc) is 2.69. The van der Waals surface area contributed by atoms with E-state index in [1.54, 1.807) is 0 Å². The zero-order chi connectivity index (χ0) is 11.1. The average molecular weight is 278 g/mol. The normalized spacial score (nSPS) is 21.8. The highest BCUT2D eigenvalue weighted by molar-refractivity contribution is 9.09. The second-order valence-electron chi connectivity index (χ2n) is 4.60. The summed E-state index contributed by atoms with van der Waals surface area (Å²) in [6.45, 7) is 7.90. The van der Waals surface area contributed by atoms with Crippen molar-refractivity contribution in [3.63, 3.8) is 0 Å². The molecule has 0 aromatic heterocycles. The molecule has 2 nitrogen and oxygen atoms in total. The number of halogens is 1. The smallest absolute Gasteiger partial charge is 0.0576 e. The van der Waals surface area contributed by atoms with Crippen molar-refractivity contribution in [2.45, 2.75) is 51.7 Å². The molecule has 1 rings (SSSR count). The Morgan fingerprint density at radius 3 is 2.73 bits per heavy atom. The predicted octanol–water partition coefficient (Wildman–Crippen LogP) is 3.05. The van der Waals surface area contributed by atoms with E-state index in [-0.39, 0.29) is 0 Å². The zero-order valence-electron chi connectivity index (χ0n) is 10.0. The summed E-state index contributed by atoms with van der Waals surface area (Å²) in [6, 6.07) is 0.659. The molecule has 0 aromatic rings. The van der Waals surface area contributed by atoms with Crippen LogP contribution in [-0.4, -0.2) is 42.1 Å². The van der Waals surface area contributed by atoms with E-state index in [9.17, 15) is 0 Å². The van der Waals surface area contributed by atoms with Crippen LogP contribution in [0.25, 0.3) is 0 Å². The first kappa shape index (κ1) is 13.5. The Morgan fingerprint density at radius 2 is 2.20 bits per heavy atom. The molecule has 0 aromatic carbocycles. The number of ether oxygens (including phenoxy) is 1. The number of rotatable bonds is 7. The Labute approximate surface area is 102 Å². The largest absolute Gasteiger partial charge is 0.378 e. The molecule has 15 heavy (non-hydrogen) atoms. The van der Waals surface area contributed by atoms with Gasteiger partial charge < -0.3 is 9.64 Å². The molecule has 1 unspecified atom stereocenters. The first-order valence-electron chi connectivity index (χ1n) is 6.15. The van der Waals surface area contributed by atoms with Gasteiger partial charge in [0.25, 0.3) is 0 Å². The first-order chi connectivity index (χ1) is 7.24. The Bertz CT molecular complexity index is 158. The van der Waals surface area contributed by atoms with Gasteiger partial charge in [-0.3, -0.25) is 0 Å². The van der Waals surface area contributed by atoms with E-state index in [0.717, 1.165) is 18.5 Å². The van der Waals surface area contributed by atoms with Crippen LogP contribution in [0.5, 0.6) is 0 Å². The monoisotopic (exact) mass is 277 g/mol. The summed E-state index contributed by atoms with van der Waals surface area (Å²) in [7, 11) is 0. The fourth-order valence-corrected chi connectivity index (χ4v) is 2.59. The molecule has 0 N–H and O–H groups in total. The van der Waals surface area contributed by atoms with Crippen molar-refractivity contribution in [2.75, 3.05) is 25.0 Å².